The topological polar surface area (TPSA) is 116 Å². The molecule has 0 aliphatic carbocycles. The molecule has 0 unspecified atom stereocenters. The number of hydrogen-bond acceptors (Lipinski definition) is 5. The second-order valence-corrected chi connectivity index (χ2v) is 7.46. The summed E-state index contributed by atoms with van der Waals surface area (Å²) in [7, 11) is -3.81. The monoisotopic (exact) mass is 380 g/mol. The Morgan fingerprint density at radius 3 is 2.52 bits per heavy atom. The number of benzene rings is 2. The van der Waals surface area contributed by atoms with Gasteiger partial charge in [0.2, 0.25) is 10.0 Å². The quantitative estimate of drug-likeness (QED) is 0.786. The molecule has 1 aliphatic heterocycles. The Morgan fingerprint density at radius 1 is 1.20 bits per heavy atom. The van der Waals surface area contributed by atoms with E-state index in [9.17, 15) is 18.0 Å². The van der Waals surface area contributed by atoms with Gasteiger partial charge in [-0.25, -0.2) is 18.4 Å². The van der Waals surface area contributed by atoms with Gasteiger partial charge >= 0.3 is 5.97 Å². The van der Waals surface area contributed by atoms with Crippen molar-refractivity contribution < 1.29 is 22.7 Å². The molecule has 9 heteroatoms. The van der Waals surface area contributed by atoms with Gasteiger partial charge in [-0.3, -0.25) is 4.79 Å². The first-order valence-electron chi connectivity index (χ1n) is 7.17. The highest BCUT2D eigenvalue weighted by molar-refractivity contribution is 7.89. The van der Waals surface area contributed by atoms with E-state index in [4.69, 9.17) is 21.5 Å². The van der Waals surface area contributed by atoms with Crippen LogP contribution in [0.5, 0.6) is 0 Å². The summed E-state index contributed by atoms with van der Waals surface area (Å²) in [5.41, 5.74) is 1.37. The summed E-state index contributed by atoms with van der Waals surface area (Å²) >= 11 is 5.92. The molecule has 0 aromatic heterocycles. The number of sulfonamides is 1. The molecule has 0 spiro atoms. The van der Waals surface area contributed by atoms with Crippen molar-refractivity contribution in [1.82, 2.24) is 0 Å². The Labute approximate surface area is 148 Å². The zero-order valence-corrected chi connectivity index (χ0v) is 14.3. The van der Waals surface area contributed by atoms with Gasteiger partial charge in [0.1, 0.15) is 0 Å². The number of esters is 1. The third kappa shape index (κ3) is 3.81. The van der Waals surface area contributed by atoms with Crippen molar-refractivity contribution >= 4 is 39.2 Å². The first-order chi connectivity index (χ1) is 11.7. The Hall–Kier alpha value is -2.42. The highest BCUT2D eigenvalue weighted by Gasteiger charge is 2.31. The molecule has 0 saturated carbocycles. The van der Waals surface area contributed by atoms with Crippen molar-refractivity contribution in [3.05, 3.63) is 58.6 Å². The van der Waals surface area contributed by atoms with Crippen molar-refractivity contribution in [2.24, 2.45) is 5.14 Å². The molecule has 3 N–H and O–H groups in total. The summed E-state index contributed by atoms with van der Waals surface area (Å²) in [5.74, 6) is -1.12. The lowest BCUT2D eigenvalue weighted by molar-refractivity contribution is -0.125. The van der Waals surface area contributed by atoms with Crippen LogP contribution in [0.2, 0.25) is 5.02 Å². The zero-order chi connectivity index (χ0) is 18.2. The molecular weight excluding hydrogens is 368 g/mol. The van der Waals surface area contributed by atoms with E-state index >= 15 is 0 Å². The zero-order valence-electron chi connectivity index (χ0n) is 12.7. The van der Waals surface area contributed by atoms with Crippen LogP contribution in [0.15, 0.2) is 47.4 Å². The third-order valence-electron chi connectivity index (χ3n) is 3.68. The molecule has 3 rings (SSSR count). The fourth-order valence-electron chi connectivity index (χ4n) is 2.46. The molecule has 2 aromatic rings. The Bertz CT molecular complexity index is 957. The number of nitrogens with two attached hydrogens (primary N) is 1. The van der Waals surface area contributed by atoms with Gasteiger partial charge in [0.15, 0.2) is 6.10 Å². The van der Waals surface area contributed by atoms with E-state index in [0.29, 0.717) is 21.8 Å². The largest absolute Gasteiger partial charge is 0.448 e. The molecule has 7 nitrogen and oxygen atoms in total. The second-order valence-electron chi connectivity index (χ2n) is 5.46. The Kier molecular flexibility index (Phi) is 4.51. The van der Waals surface area contributed by atoms with Gasteiger partial charge in [0.05, 0.1) is 10.5 Å². The molecule has 1 amide bonds. The fourth-order valence-corrected chi connectivity index (χ4v) is 3.17. The van der Waals surface area contributed by atoms with E-state index in [-0.39, 0.29) is 11.3 Å². The molecule has 0 radical (unpaired) electrons. The van der Waals surface area contributed by atoms with Gasteiger partial charge in [-0.1, -0.05) is 11.6 Å². The van der Waals surface area contributed by atoms with Gasteiger partial charge in [0.25, 0.3) is 5.91 Å². The molecule has 0 bridgehead atoms. The van der Waals surface area contributed by atoms with Crippen LogP contribution in [-0.4, -0.2) is 26.4 Å². The number of carbonyl (C=O) groups excluding carboxylic acids is 2. The van der Waals surface area contributed by atoms with Crippen LogP contribution >= 0.6 is 11.6 Å². The van der Waals surface area contributed by atoms with Crippen LogP contribution in [0.25, 0.3) is 0 Å². The number of hydrogen-bond donors (Lipinski definition) is 2. The number of primary sulfonamides is 1. The number of carbonyl (C=O) groups is 2. The van der Waals surface area contributed by atoms with Gasteiger partial charge in [-0.2, -0.15) is 0 Å². The molecule has 2 aromatic carbocycles. The van der Waals surface area contributed by atoms with E-state index in [0.717, 1.165) is 0 Å². The fraction of sp³-hybridized carbons (Fsp3) is 0.125. The number of fused-ring (bicyclic) bond motifs is 1. The van der Waals surface area contributed by atoms with Crippen LogP contribution in [0, 0.1) is 0 Å². The minimum Gasteiger partial charge on any atom is -0.448 e. The highest BCUT2D eigenvalue weighted by Crippen LogP contribution is 2.25. The number of ether oxygens (including phenoxy) is 1. The van der Waals surface area contributed by atoms with Gasteiger partial charge in [-0.05, 0) is 48.0 Å². The van der Waals surface area contributed by atoms with Crippen LogP contribution in [0.3, 0.4) is 0 Å². The molecule has 1 atom stereocenters. The van der Waals surface area contributed by atoms with Crippen molar-refractivity contribution in [1.29, 1.82) is 0 Å². The number of halogens is 1. The van der Waals surface area contributed by atoms with Gasteiger partial charge in [-0.15, -0.1) is 0 Å². The average molecular weight is 381 g/mol. The number of anilines is 1. The van der Waals surface area contributed by atoms with Crippen LogP contribution < -0.4 is 10.5 Å². The van der Waals surface area contributed by atoms with Crippen molar-refractivity contribution in [3.63, 3.8) is 0 Å². The number of amides is 1. The number of cyclic esters (lactones) is 1. The lowest BCUT2D eigenvalue weighted by atomic mass is 9.98. The van der Waals surface area contributed by atoms with Gasteiger partial charge < -0.3 is 10.1 Å². The molecule has 0 fully saturated rings. The Morgan fingerprint density at radius 2 is 1.88 bits per heavy atom. The maximum Gasteiger partial charge on any atom is 0.339 e. The summed E-state index contributed by atoms with van der Waals surface area (Å²) in [6.07, 6.45) is -0.806. The highest BCUT2D eigenvalue weighted by atomic mass is 35.5. The SMILES string of the molecule is NS(=O)(=O)c1ccc(NC(=O)[C@@H]2Cc3cc(Cl)ccc3C(=O)O2)cc1. The normalized spacial score (nSPS) is 16.7. The number of rotatable bonds is 3. The second kappa shape index (κ2) is 6.47. The minimum atomic E-state index is -3.81. The maximum atomic E-state index is 12.3. The summed E-state index contributed by atoms with van der Waals surface area (Å²) in [4.78, 5) is 24.2. The molecule has 0 saturated heterocycles. The molecular formula is C16H13ClN2O5S. The van der Waals surface area contributed by atoms with E-state index < -0.39 is 28.0 Å². The van der Waals surface area contributed by atoms with E-state index in [1.807, 2.05) is 0 Å². The third-order valence-corrected chi connectivity index (χ3v) is 4.85. The average Bonchev–Trinajstić information content (AvgIpc) is 2.54. The summed E-state index contributed by atoms with van der Waals surface area (Å²) < 4.78 is 27.6. The first-order valence-corrected chi connectivity index (χ1v) is 9.09. The smallest absolute Gasteiger partial charge is 0.339 e. The molecule has 25 heavy (non-hydrogen) atoms. The lowest BCUT2D eigenvalue weighted by Gasteiger charge is -2.24. The van der Waals surface area contributed by atoms with Crippen LogP contribution in [0.4, 0.5) is 5.69 Å². The minimum absolute atomic E-state index is 0.0711. The summed E-state index contributed by atoms with van der Waals surface area (Å²) in [6, 6.07) is 10.1. The van der Waals surface area contributed by atoms with E-state index in [1.165, 1.54) is 24.3 Å². The lowest BCUT2D eigenvalue weighted by Crippen LogP contribution is -2.38. The summed E-state index contributed by atoms with van der Waals surface area (Å²) in [6.45, 7) is 0. The van der Waals surface area contributed by atoms with Crippen molar-refractivity contribution in [2.75, 3.05) is 5.32 Å². The molecule has 1 aliphatic rings. The summed E-state index contributed by atoms with van der Waals surface area (Å²) in [5, 5.41) is 8.05. The molecule has 130 valence electrons. The van der Waals surface area contributed by atoms with Gasteiger partial charge in [0, 0.05) is 17.1 Å². The molecule has 1 heterocycles. The van der Waals surface area contributed by atoms with E-state index in [2.05, 4.69) is 5.32 Å². The van der Waals surface area contributed by atoms with Crippen LogP contribution in [0.1, 0.15) is 15.9 Å². The predicted molar refractivity (Wildman–Crippen MR) is 90.8 cm³/mol. The maximum absolute atomic E-state index is 12.3. The predicted octanol–water partition coefficient (Wildman–Crippen LogP) is 1.71. The van der Waals surface area contributed by atoms with Crippen molar-refractivity contribution in [2.45, 2.75) is 17.4 Å². The van der Waals surface area contributed by atoms with Crippen LogP contribution in [-0.2, 0) is 26.0 Å². The number of nitrogens with one attached hydrogen (secondary N) is 1. The van der Waals surface area contributed by atoms with E-state index in [1.54, 1.807) is 18.2 Å². The first kappa shape index (κ1) is 17.4. The van der Waals surface area contributed by atoms with Crippen molar-refractivity contribution in [3.8, 4) is 0 Å². The standard InChI is InChI=1S/C16H13ClN2O5S/c17-10-1-6-13-9(7-10)8-14(24-16(13)21)15(20)19-11-2-4-12(5-3-11)25(18,22)23/h1-7,14H,8H2,(H,19,20)(H2,18,22,23)/t14-/m0/s1. The Balaban J connectivity index is 1.75.